The zero-order valence-electron chi connectivity index (χ0n) is 17.8. The fourth-order valence-electron chi connectivity index (χ4n) is 3.53. The van der Waals surface area contributed by atoms with Crippen LogP contribution in [0.25, 0.3) is 11.4 Å². The summed E-state index contributed by atoms with van der Waals surface area (Å²) in [5, 5.41) is 6.88. The monoisotopic (exact) mass is 420 g/mol. The van der Waals surface area contributed by atoms with Crippen LogP contribution in [0.5, 0.6) is 0 Å². The van der Waals surface area contributed by atoms with E-state index in [0.29, 0.717) is 18.1 Å². The van der Waals surface area contributed by atoms with Crippen LogP contribution in [0.3, 0.4) is 0 Å². The Kier molecular flexibility index (Phi) is 7.01. The van der Waals surface area contributed by atoms with Crippen LogP contribution in [0.15, 0.2) is 53.3 Å². The maximum atomic E-state index is 12.3. The van der Waals surface area contributed by atoms with E-state index in [9.17, 15) is 4.79 Å². The molecule has 0 radical (unpaired) electrons. The number of nitrogens with zero attached hydrogens (tertiary/aromatic N) is 5. The summed E-state index contributed by atoms with van der Waals surface area (Å²) in [7, 11) is 2.17. The van der Waals surface area contributed by atoms with Crippen molar-refractivity contribution in [3.8, 4) is 11.4 Å². The summed E-state index contributed by atoms with van der Waals surface area (Å²) >= 11 is 0. The highest BCUT2D eigenvalue weighted by molar-refractivity contribution is 5.90. The lowest BCUT2D eigenvalue weighted by Crippen LogP contribution is -2.45. The Hall–Kier alpha value is -3.10. The summed E-state index contributed by atoms with van der Waals surface area (Å²) in [6.45, 7) is 5.62. The molecule has 1 amide bonds. The summed E-state index contributed by atoms with van der Waals surface area (Å²) < 4.78 is 5.24. The molecule has 0 bridgehead atoms. The molecule has 3 aromatic rings. The van der Waals surface area contributed by atoms with Crippen molar-refractivity contribution in [2.24, 2.45) is 0 Å². The molecule has 0 atom stereocenters. The second kappa shape index (κ2) is 10.3. The van der Waals surface area contributed by atoms with E-state index in [-0.39, 0.29) is 12.3 Å². The van der Waals surface area contributed by atoms with Crippen LogP contribution in [-0.2, 0) is 17.6 Å². The molecule has 0 spiro atoms. The molecule has 1 aliphatic rings. The van der Waals surface area contributed by atoms with Crippen molar-refractivity contribution in [3.63, 3.8) is 0 Å². The van der Waals surface area contributed by atoms with Gasteiger partial charge in [0.2, 0.25) is 17.6 Å². The summed E-state index contributed by atoms with van der Waals surface area (Å²) in [4.78, 5) is 25.5. The van der Waals surface area contributed by atoms with Gasteiger partial charge >= 0.3 is 0 Å². The maximum Gasteiger partial charge on any atom is 0.227 e. The van der Waals surface area contributed by atoms with Gasteiger partial charge in [-0.25, -0.2) is 0 Å². The number of amides is 1. The van der Waals surface area contributed by atoms with E-state index >= 15 is 0 Å². The van der Waals surface area contributed by atoms with Gasteiger partial charge in [0.1, 0.15) is 0 Å². The molecule has 0 aliphatic carbocycles. The molecule has 1 fully saturated rings. The van der Waals surface area contributed by atoms with Crippen molar-refractivity contribution in [3.05, 3.63) is 60.2 Å². The normalized spacial score (nSPS) is 15.1. The Morgan fingerprint density at radius 3 is 2.65 bits per heavy atom. The van der Waals surface area contributed by atoms with Crippen LogP contribution in [0.1, 0.15) is 17.9 Å². The number of anilines is 1. The number of carbonyl (C=O) groups excluding carboxylic acids is 1. The van der Waals surface area contributed by atoms with Gasteiger partial charge in [-0.3, -0.25) is 9.78 Å². The minimum absolute atomic E-state index is 0.0775. The lowest BCUT2D eigenvalue weighted by Gasteiger charge is -2.32. The number of aryl methyl sites for hydroxylation is 1. The number of hydrogen-bond donors (Lipinski definition) is 1. The first-order valence-corrected chi connectivity index (χ1v) is 10.7. The van der Waals surface area contributed by atoms with Crippen LogP contribution in [-0.4, -0.2) is 70.6 Å². The Morgan fingerprint density at radius 2 is 1.90 bits per heavy atom. The van der Waals surface area contributed by atoms with Crippen molar-refractivity contribution in [2.75, 3.05) is 45.1 Å². The highest BCUT2D eigenvalue weighted by Crippen LogP contribution is 2.15. The molecule has 1 aliphatic heterocycles. The number of hydrogen-bond acceptors (Lipinski definition) is 7. The Morgan fingerprint density at radius 1 is 1.10 bits per heavy atom. The van der Waals surface area contributed by atoms with E-state index in [0.717, 1.165) is 50.4 Å². The van der Waals surface area contributed by atoms with Crippen molar-refractivity contribution in [1.82, 2.24) is 24.9 Å². The van der Waals surface area contributed by atoms with Gasteiger partial charge in [0.25, 0.3) is 0 Å². The molecule has 1 saturated heterocycles. The predicted octanol–water partition coefficient (Wildman–Crippen LogP) is 2.49. The molecule has 0 saturated carbocycles. The molecule has 1 aromatic carbocycles. The highest BCUT2D eigenvalue weighted by Gasteiger charge is 2.13. The third-order valence-corrected chi connectivity index (χ3v) is 5.50. The summed E-state index contributed by atoms with van der Waals surface area (Å²) in [6, 6.07) is 11.8. The maximum absolute atomic E-state index is 12.3. The van der Waals surface area contributed by atoms with E-state index in [2.05, 4.69) is 49.4 Å². The molecule has 2 aromatic heterocycles. The summed E-state index contributed by atoms with van der Waals surface area (Å²) in [5.41, 5.74) is 2.87. The molecule has 1 N–H and O–H groups in total. The second-order valence-electron chi connectivity index (χ2n) is 7.89. The van der Waals surface area contributed by atoms with Gasteiger partial charge < -0.3 is 19.6 Å². The van der Waals surface area contributed by atoms with E-state index < -0.39 is 0 Å². The second-order valence-corrected chi connectivity index (χ2v) is 7.89. The number of carbonyl (C=O) groups is 1. The lowest BCUT2D eigenvalue weighted by atomic mass is 10.1. The fourth-order valence-corrected chi connectivity index (χ4v) is 3.53. The molecule has 162 valence electrons. The zero-order chi connectivity index (χ0) is 21.5. The molecule has 3 heterocycles. The summed E-state index contributed by atoms with van der Waals surface area (Å²) in [6.07, 6.45) is 5.06. The van der Waals surface area contributed by atoms with Gasteiger partial charge in [-0.2, -0.15) is 4.98 Å². The first kappa shape index (κ1) is 21.1. The molecule has 4 rings (SSSR count). The first-order chi connectivity index (χ1) is 15.2. The van der Waals surface area contributed by atoms with Crippen molar-refractivity contribution >= 4 is 11.6 Å². The summed E-state index contributed by atoms with van der Waals surface area (Å²) in [5.74, 6) is 0.843. The average molecular weight is 421 g/mol. The molecular formula is C23H28N6O2. The fraction of sp³-hybridized carbons (Fsp3) is 0.391. The number of pyridine rings is 1. The Labute approximate surface area is 182 Å². The average Bonchev–Trinajstić information content (AvgIpc) is 3.28. The van der Waals surface area contributed by atoms with Crippen LogP contribution < -0.4 is 5.32 Å². The Bertz CT molecular complexity index is 965. The molecule has 0 unspecified atom stereocenters. The number of benzene rings is 1. The van der Waals surface area contributed by atoms with Gasteiger partial charge in [0, 0.05) is 69.2 Å². The molecular weight excluding hydrogens is 392 g/mol. The van der Waals surface area contributed by atoms with Crippen LogP contribution >= 0.6 is 0 Å². The smallest absolute Gasteiger partial charge is 0.227 e. The molecule has 8 heteroatoms. The van der Waals surface area contributed by atoms with E-state index in [1.165, 1.54) is 5.56 Å². The Balaban J connectivity index is 1.20. The van der Waals surface area contributed by atoms with E-state index in [1.807, 2.05) is 24.3 Å². The van der Waals surface area contributed by atoms with Gasteiger partial charge in [0.05, 0.1) is 0 Å². The minimum Gasteiger partial charge on any atom is -0.339 e. The molecule has 8 nitrogen and oxygen atoms in total. The van der Waals surface area contributed by atoms with Gasteiger partial charge in [-0.05, 0) is 43.3 Å². The number of rotatable bonds is 8. The standard InChI is InChI=1S/C23H28N6O2/c1-28-13-15-29(16-14-28)12-10-18-4-6-20(7-5-18)25-21(30)8-9-22-26-23(27-31-22)19-3-2-11-24-17-19/h2-7,11,17H,8-10,12-16H2,1H3,(H,25,30). The topological polar surface area (TPSA) is 87.4 Å². The van der Waals surface area contributed by atoms with E-state index in [4.69, 9.17) is 4.52 Å². The number of piperazine rings is 1. The lowest BCUT2D eigenvalue weighted by molar-refractivity contribution is -0.116. The SMILES string of the molecule is CN1CCN(CCc2ccc(NC(=O)CCc3nc(-c4cccnc4)no3)cc2)CC1. The van der Waals surface area contributed by atoms with Crippen LogP contribution in [0, 0.1) is 0 Å². The van der Waals surface area contributed by atoms with Gasteiger partial charge in [-0.15, -0.1) is 0 Å². The molecule has 31 heavy (non-hydrogen) atoms. The minimum atomic E-state index is -0.0775. The zero-order valence-corrected chi connectivity index (χ0v) is 17.8. The highest BCUT2D eigenvalue weighted by atomic mass is 16.5. The number of nitrogens with one attached hydrogen (secondary N) is 1. The van der Waals surface area contributed by atoms with Crippen LogP contribution in [0.2, 0.25) is 0 Å². The third kappa shape index (κ3) is 6.19. The van der Waals surface area contributed by atoms with Gasteiger partial charge in [-0.1, -0.05) is 17.3 Å². The van der Waals surface area contributed by atoms with Crippen molar-refractivity contribution < 1.29 is 9.32 Å². The predicted molar refractivity (Wildman–Crippen MR) is 119 cm³/mol. The first-order valence-electron chi connectivity index (χ1n) is 10.7. The number of aromatic nitrogens is 3. The van der Waals surface area contributed by atoms with E-state index in [1.54, 1.807) is 12.4 Å². The van der Waals surface area contributed by atoms with Crippen molar-refractivity contribution in [2.45, 2.75) is 19.3 Å². The largest absolute Gasteiger partial charge is 0.339 e. The van der Waals surface area contributed by atoms with Gasteiger partial charge in [0.15, 0.2) is 0 Å². The third-order valence-electron chi connectivity index (χ3n) is 5.50. The number of likely N-dealkylation sites (N-methyl/N-ethyl adjacent to an activating group) is 1. The van der Waals surface area contributed by atoms with Crippen molar-refractivity contribution in [1.29, 1.82) is 0 Å². The van der Waals surface area contributed by atoms with Crippen LogP contribution in [0.4, 0.5) is 5.69 Å². The quantitative estimate of drug-likeness (QED) is 0.599.